The second-order valence-corrected chi connectivity index (χ2v) is 5.41. The van der Waals surface area contributed by atoms with Crippen molar-refractivity contribution in [1.82, 2.24) is 10.2 Å². The number of rotatable bonds is 3. The second-order valence-electron chi connectivity index (χ2n) is 5.41. The van der Waals surface area contributed by atoms with E-state index < -0.39 is 12.1 Å². The number of methoxy groups -OCH3 is 2. The van der Waals surface area contributed by atoms with Crippen LogP contribution in [0.25, 0.3) is 0 Å². The molecule has 2 amide bonds. The van der Waals surface area contributed by atoms with E-state index in [-0.39, 0.29) is 5.91 Å². The van der Waals surface area contributed by atoms with Crippen molar-refractivity contribution in [2.24, 2.45) is 0 Å². The van der Waals surface area contributed by atoms with Crippen LogP contribution < -0.4 is 10.1 Å². The maximum absolute atomic E-state index is 11.7. The fraction of sp³-hybridized carbons (Fsp3) is 0.529. The van der Waals surface area contributed by atoms with Crippen molar-refractivity contribution < 1.29 is 19.1 Å². The van der Waals surface area contributed by atoms with E-state index in [1.807, 2.05) is 31.2 Å². The first-order valence-electron chi connectivity index (χ1n) is 7.72. The lowest BCUT2D eigenvalue weighted by molar-refractivity contribution is -0.131. The number of aryl methyl sites for hydroxylation is 1. The summed E-state index contributed by atoms with van der Waals surface area (Å²) in [6, 6.07) is 7.46. The molecule has 1 atom stereocenters. The Balaban J connectivity index is 0.000000253. The van der Waals surface area contributed by atoms with E-state index in [0.717, 1.165) is 31.7 Å². The zero-order valence-electron chi connectivity index (χ0n) is 14.3. The Bertz CT molecular complexity index is 513. The van der Waals surface area contributed by atoms with Crippen molar-refractivity contribution in [3.8, 4) is 5.75 Å². The van der Waals surface area contributed by atoms with Crippen LogP contribution in [0.1, 0.15) is 25.3 Å². The quantitative estimate of drug-likeness (QED) is 0.927. The number of nitrogens with one attached hydrogen (secondary N) is 1. The van der Waals surface area contributed by atoms with Gasteiger partial charge in [0.05, 0.1) is 14.2 Å². The maximum Gasteiger partial charge on any atom is 0.407 e. The molecule has 0 radical (unpaired) electrons. The summed E-state index contributed by atoms with van der Waals surface area (Å²) in [6.07, 6.45) is 1.54. The van der Waals surface area contributed by atoms with Gasteiger partial charge in [-0.25, -0.2) is 4.79 Å². The van der Waals surface area contributed by atoms with Gasteiger partial charge < -0.3 is 19.7 Å². The monoisotopic (exact) mass is 322 g/mol. The largest absolute Gasteiger partial charge is 0.497 e. The van der Waals surface area contributed by atoms with E-state index in [9.17, 15) is 9.59 Å². The number of benzene rings is 1. The molecule has 2 rings (SSSR count). The molecule has 1 N–H and O–H groups in total. The minimum Gasteiger partial charge on any atom is -0.497 e. The van der Waals surface area contributed by atoms with Crippen LogP contribution in [0.5, 0.6) is 5.75 Å². The van der Waals surface area contributed by atoms with Crippen LogP contribution in [0.4, 0.5) is 4.79 Å². The predicted octanol–water partition coefficient (Wildman–Crippen LogP) is 2.36. The van der Waals surface area contributed by atoms with E-state index in [2.05, 4.69) is 10.1 Å². The molecule has 6 nitrogen and oxygen atoms in total. The molecule has 1 aromatic carbocycles. The molecule has 1 aliphatic heterocycles. The molecule has 0 bridgehead atoms. The molecule has 1 heterocycles. The molecule has 1 unspecified atom stereocenters. The van der Waals surface area contributed by atoms with Crippen molar-refractivity contribution >= 4 is 12.0 Å². The highest BCUT2D eigenvalue weighted by atomic mass is 16.5. The number of hydrogen-bond acceptors (Lipinski definition) is 4. The standard InChI is InChI=1S/C9H16N2O3.C8H10O/c1-7(10-9(13)14-2)8(12)11-5-3-4-6-11;1-7-4-3-5-8(6-7)9-2/h7H,3-6H2,1-2H3,(H,10,13);3-6H,1-2H3. The molecule has 128 valence electrons. The van der Waals surface area contributed by atoms with E-state index in [4.69, 9.17) is 4.74 Å². The van der Waals surface area contributed by atoms with Gasteiger partial charge in [0.15, 0.2) is 0 Å². The van der Waals surface area contributed by atoms with Gasteiger partial charge in [0.1, 0.15) is 11.8 Å². The van der Waals surface area contributed by atoms with Crippen LogP contribution in [0.2, 0.25) is 0 Å². The summed E-state index contributed by atoms with van der Waals surface area (Å²) < 4.78 is 9.41. The van der Waals surface area contributed by atoms with Gasteiger partial charge in [0.25, 0.3) is 0 Å². The van der Waals surface area contributed by atoms with Gasteiger partial charge in [0, 0.05) is 13.1 Å². The Labute approximate surface area is 137 Å². The number of carbonyl (C=O) groups excluding carboxylic acids is 2. The maximum atomic E-state index is 11.7. The molecule has 1 aromatic rings. The number of carbonyl (C=O) groups is 2. The molecule has 1 saturated heterocycles. The summed E-state index contributed by atoms with van der Waals surface area (Å²) >= 11 is 0. The van der Waals surface area contributed by atoms with Crippen LogP contribution in [0.15, 0.2) is 24.3 Å². The zero-order chi connectivity index (χ0) is 17.2. The lowest BCUT2D eigenvalue weighted by atomic mass is 10.2. The molecular formula is C17H26N2O4. The van der Waals surface area contributed by atoms with Gasteiger partial charge in [-0.05, 0) is 44.4 Å². The van der Waals surface area contributed by atoms with Crippen LogP contribution in [-0.2, 0) is 9.53 Å². The predicted molar refractivity (Wildman–Crippen MR) is 88.5 cm³/mol. The Kier molecular flexibility index (Phi) is 7.94. The van der Waals surface area contributed by atoms with Gasteiger partial charge in [-0.1, -0.05) is 12.1 Å². The third kappa shape index (κ3) is 6.59. The Morgan fingerprint density at radius 2 is 1.87 bits per heavy atom. The molecule has 0 aromatic heterocycles. The average Bonchev–Trinajstić information content (AvgIpc) is 3.08. The SMILES string of the molecule is COC(=O)NC(C)C(=O)N1CCCC1.COc1cccc(C)c1. The van der Waals surface area contributed by atoms with E-state index in [1.165, 1.54) is 12.7 Å². The van der Waals surface area contributed by atoms with Gasteiger partial charge in [0.2, 0.25) is 5.91 Å². The summed E-state index contributed by atoms with van der Waals surface area (Å²) in [5.41, 5.74) is 1.23. The summed E-state index contributed by atoms with van der Waals surface area (Å²) in [7, 11) is 2.96. The number of nitrogens with zero attached hydrogens (tertiary/aromatic N) is 1. The molecular weight excluding hydrogens is 296 g/mol. The van der Waals surface area contributed by atoms with Gasteiger partial charge in [-0.3, -0.25) is 4.79 Å². The summed E-state index contributed by atoms with van der Waals surface area (Å²) in [5.74, 6) is 0.892. The van der Waals surface area contributed by atoms with Crippen molar-refractivity contribution in [1.29, 1.82) is 0 Å². The number of likely N-dealkylation sites (tertiary alicyclic amines) is 1. The Hall–Kier alpha value is -2.24. The Morgan fingerprint density at radius 1 is 1.22 bits per heavy atom. The molecule has 0 aliphatic carbocycles. The molecule has 0 spiro atoms. The van der Waals surface area contributed by atoms with Crippen molar-refractivity contribution in [2.45, 2.75) is 32.7 Å². The molecule has 0 saturated carbocycles. The van der Waals surface area contributed by atoms with Crippen molar-refractivity contribution in [2.75, 3.05) is 27.3 Å². The van der Waals surface area contributed by atoms with E-state index >= 15 is 0 Å². The van der Waals surface area contributed by atoms with Crippen molar-refractivity contribution in [3.05, 3.63) is 29.8 Å². The van der Waals surface area contributed by atoms with E-state index in [1.54, 1.807) is 18.9 Å². The third-order valence-corrected chi connectivity index (χ3v) is 3.53. The molecule has 6 heteroatoms. The molecule has 1 aliphatic rings. The first-order valence-corrected chi connectivity index (χ1v) is 7.72. The van der Waals surface area contributed by atoms with Gasteiger partial charge in [-0.15, -0.1) is 0 Å². The lowest BCUT2D eigenvalue weighted by Gasteiger charge is -2.20. The fourth-order valence-corrected chi connectivity index (χ4v) is 2.25. The topological polar surface area (TPSA) is 67.9 Å². The highest BCUT2D eigenvalue weighted by Gasteiger charge is 2.24. The lowest BCUT2D eigenvalue weighted by Crippen LogP contribution is -2.45. The Morgan fingerprint density at radius 3 is 2.35 bits per heavy atom. The normalized spacial score (nSPS) is 14.3. The highest BCUT2D eigenvalue weighted by Crippen LogP contribution is 2.10. The smallest absolute Gasteiger partial charge is 0.407 e. The fourth-order valence-electron chi connectivity index (χ4n) is 2.25. The first kappa shape index (κ1) is 18.8. The van der Waals surface area contributed by atoms with Crippen LogP contribution in [0, 0.1) is 6.92 Å². The van der Waals surface area contributed by atoms with Crippen LogP contribution >= 0.6 is 0 Å². The van der Waals surface area contributed by atoms with Gasteiger partial charge >= 0.3 is 6.09 Å². The average molecular weight is 322 g/mol. The minimum absolute atomic E-state index is 0.0344. The van der Waals surface area contributed by atoms with Crippen LogP contribution in [-0.4, -0.2) is 50.3 Å². The van der Waals surface area contributed by atoms with Crippen molar-refractivity contribution in [3.63, 3.8) is 0 Å². The first-order chi connectivity index (χ1) is 11.0. The second kappa shape index (κ2) is 9.71. The molecule has 23 heavy (non-hydrogen) atoms. The number of hydrogen-bond donors (Lipinski definition) is 1. The van der Waals surface area contributed by atoms with Crippen LogP contribution in [0.3, 0.4) is 0 Å². The van der Waals surface area contributed by atoms with E-state index in [0.29, 0.717) is 0 Å². The highest BCUT2D eigenvalue weighted by molar-refractivity contribution is 5.85. The number of alkyl carbamates (subject to hydrolysis) is 1. The minimum atomic E-state index is -0.565. The summed E-state index contributed by atoms with van der Waals surface area (Å²) in [6.45, 7) is 5.30. The van der Waals surface area contributed by atoms with Gasteiger partial charge in [-0.2, -0.15) is 0 Å². The number of ether oxygens (including phenoxy) is 2. The summed E-state index contributed by atoms with van der Waals surface area (Å²) in [5, 5.41) is 2.45. The zero-order valence-corrected chi connectivity index (χ0v) is 14.3. The summed E-state index contributed by atoms with van der Waals surface area (Å²) in [4.78, 5) is 24.3. The molecule has 1 fully saturated rings. The third-order valence-electron chi connectivity index (χ3n) is 3.53. The number of amides is 2.